The Balaban J connectivity index is 1.98. The van der Waals surface area contributed by atoms with Gasteiger partial charge in [0.05, 0.1) is 6.21 Å². The van der Waals surface area contributed by atoms with Crippen LogP contribution in [-0.2, 0) is 4.79 Å². The summed E-state index contributed by atoms with van der Waals surface area (Å²) < 4.78 is 26.4. The SMILES string of the molecule is CCC(=O)Nc1ccc(C(=O)NN=Cc2cccc(F)c2F)cc1. The molecule has 0 aromatic heterocycles. The van der Waals surface area contributed by atoms with Crippen LogP contribution in [0.5, 0.6) is 0 Å². The molecule has 0 atom stereocenters. The van der Waals surface area contributed by atoms with Crippen LogP contribution in [0.4, 0.5) is 14.5 Å². The minimum Gasteiger partial charge on any atom is -0.326 e. The number of nitrogens with one attached hydrogen (secondary N) is 2. The fourth-order valence-electron chi connectivity index (χ4n) is 1.80. The van der Waals surface area contributed by atoms with Gasteiger partial charge in [-0.1, -0.05) is 19.1 Å². The van der Waals surface area contributed by atoms with E-state index in [-0.39, 0.29) is 11.5 Å². The number of benzene rings is 2. The van der Waals surface area contributed by atoms with E-state index in [0.717, 1.165) is 12.3 Å². The first-order valence-electron chi connectivity index (χ1n) is 7.18. The minimum atomic E-state index is -1.04. The van der Waals surface area contributed by atoms with Crippen LogP contribution in [-0.4, -0.2) is 18.0 Å². The van der Waals surface area contributed by atoms with Crippen molar-refractivity contribution in [1.82, 2.24) is 5.43 Å². The molecule has 2 aromatic rings. The van der Waals surface area contributed by atoms with Crippen LogP contribution in [0, 0.1) is 11.6 Å². The third-order valence-corrected chi connectivity index (χ3v) is 3.10. The molecule has 0 unspecified atom stereocenters. The van der Waals surface area contributed by atoms with Gasteiger partial charge in [-0.05, 0) is 30.3 Å². The molecule has 0 heterocycles. The number of rotatable bonds is 5. The van der Waals surface area contributed by atoms with Gasteiger partial charge in [0.25, 0.3) is 5.91 Å². The molecule has 124 valence electrons. The highest BCUT2D eigenvalue weighted by atomic mass is 19.2. The van der Waals surface area contributed by atoms with Gasteiger partial charge in [0, 0.05) is 23.2 Å². The van der Waals surface area contributed by atoms with Crippen LogP contribution in [0.1, 0.15) is 29.3 Å². The molecule has 0 aliphatic rings. The van der Waals surface area contributed by atoms with Crippen molar-refractivity contribution in [3.8, 4) is 0 Å². The van der Waals surface area contributed by atoms with Gasteiger partial charge in [-0.2, -0.15) is 5.10 Å². The van der Waals surface area contributed by atoms with Crippen molar-refractivity contribution in [2.24, 2.45) is 5.10 Å². The largest absolute Gasteiger partial charge is 0.326 e. The van der Waals surface area contributed by atoms with Crippen LogP contribution in [0.15, 0.2) is 47.6 Å². The molecule has 0 aliphatic heterocycles. The van der Waals surface area contributed by atoms with E-state index in [4.69, 9.17) is 0 Å². The molecule has 0 saturated carbocycles. The molecule has 2 aromatic carbocycles. The Kier molecular flexibility index (Phi) is 5.73. The van der Waals surface area contributed by atoms with Crippen molar-refractivity contribution in [2.45, 2.75) is 13.3 Å². The van der Waals surface area contributed by atoms with E-state index in [1.54, 1.807) is 19.1 Å². The Morgan fingerprint density at radius 3 is 2.50 bits per heavy atom. The van der Waals surface area contributed by atoms with Crippen LogP contribution in [0.3, 0.4) is 0 Å². The summed E-state index contributed by atoms with van der Waals surface area (Å²) in [4.78, 5) is 23.2. The average molecular weight is 331 g/mol. The molecule has 24 heavy (non-hydrogen) atoms. The fourth-order valence-corrected chi connectivity index (χ4v) is 1.80. The van der Waals surface area contributed by atoms with Crippen molar-refractivity contribution in [3.05, 3.63) is 65.2 Å². The summed E-state index contributed by atoms with van der Waals surface area (Å²) in [5.41, 5.74) is 3.02. The van der Waals surface area contributed by atoms with Crippen molar-refractivity contribution in [2.75, 3.05) is 5.32 Å². The predicted octanol–water partition coefficient (Wildman–Crippen LogP) is 3.08. The molecular weight excluding hydrogens is 316 g/mol. The normalized spacial score (nSPS) is 10.6. The van der Waals surface area contributed by atoms with Crippen molar-refractivity contribution in [3.63, 3.8) is 0 Å². The highest BCUT2D eigenvalue weighted by Gasteiger charge is 2.07. The zero-order valence-corrected chi connectivity index (χ0v) is 12.8. The Hall–Kier alpha value is -3.09. The van der Waals surface area contributed by atoms with Gasteiger partial charge < -0.3 is 5.32 Å². The number of carbonyl (C=O) groups is 2. The monoisotopic (exact) mass is 331 g/mol. The van der Waals surface area contributed by atoms with Gasteiger partial charge in [-0.25, -0.2) is 14.2 Å². The van der Waals surface area contributed by atoms with E-state index in [1.165, 1.54) is 24.3 Å². The molecule has 7 heteroatoms. The molecule has 2 N–H and O–H groups in total. The average Bonchev–Trinajstić information content (AvgIpc) is 2.59. The van der Waals surface area contributed by atoms with Gasteiger partial charge in [-0.15, -0.1) is 0 Å². The van der Waals surface area contributed by atoms with Crippen LogP contribution in [0.25, 0.3) is 0 Å². The third-order valence-electron chi connectivity index (χ3n) is 3.10. The Labute approximate surface area is 137 Å². The summed E-state index contributed by atoms with van der Waals surface area (Å²) in [6.45, 7) is 1.73. The zero-order chi connectivity index (χ0) is 17.5. The Morgan fingerprint density at radius 2 is 1.83 bits per heavy atom. The van der Waals surface area contributed by atoms with E-state index in [0.29, 0.717) is 17.7 Å². The van der Waals surface area contributed by atoms with E-state index < -0.39 is 17.5 Å². The minimum absolute atomic E-state index is 0.0760. The van der Waals surface area contributed by atoms with Gasteiger partial charge in [0.15, 0.2) is 11.6 Å². The second kappa shape index (κ2) is 7.96. The van der Waals surface area contributed by atoms with Gasteiger partial charge in [0.2, 0.25) is 5.91 Å². The first-order valence-corrected chi connectivity index (χ1v) is 7.18. The van der Waals surface area contributed by atoms with Crippen LogP contribution >= 0.6 is 0 Å². The summed E-state index contributed by atoms with van der Waals surface area (Å²) in [5, 5.41) is 6.26. The smallest absolute Gasteiger partial charge is 0.271 e. The lowest BCUT2D eigenvalue weighted by Crippen LogP contribution is -2.18. The maximum absolute atomic E-state index is 13.4. The number of amides is 2. The highest BCUT2D eigenvalue weighted by molar-refractivity contribution is 5.96. The lowest BCUT2D eigenvalue weighted by atomic mass is 10.2. The first kappa shape index (κ1) is 17.3. The second-order valence-corrected chi connectivity index (χ2v) is 4.82. The molecule has 0 spiro atoms. The van der Waals surface area contributed by atoms with E-state index in [9.17, 15) is 18.4 Å². The Bertz CT molecular complexity index is 774. The van der Waals surface area contributed by atoms with E-state index in [1.807, 2.05) is 0 Å². The van der Waals surface area contributed by atoms with E-state index >= 15 is 0 Å². The van der Waals surface area contributed by atoms with Crippen molar-refractivity contribution < 1.29 is 18.4 Å². The summed E-state index contributed by atoms with van der Waals surface area (Å²) in [5.74, 6) is -2.67. The molecule has 5 nitrogen and oxygen atoms in total. The molecule has 2 rings (SSSR count). The lowest BCUT2D eigenvalue weighted by molar-refractivity contribution is -0.115. The molecule has 0 bridgehead atoms. The second-order valence-electron chi connectivity index (χ2n) is 4.82. The van der Waals surface area contributed by atoms with Gasteiger partial charge in [-0.3, -0.25) is 9.59 Å². The van der Waals surface area contributed by atoms with Crippen molar-refractivity contribution >= 4 is 23.7 Å². The maximum Gasteiger partial charge on any atom is 0.271 e. The zero-order valence-electron chi connectivity index (χ0n) is 12.8. The molecule has 0 saturated heterocycles. The molecule has 0 aliphatic carbocycles. The maximum atomic E-state index is 13.4. The van der Waals surface area contributed by atoms with Crippen LogP contribution in [0.2, 0.25) is 0 Å². The summed E-state index contributed by atoms with van der Waals surface area (Å²) >= 11 is 0. The topological polar surface area (TPSA) is 70.6 Å². The molecule has 2 amide bonds. The van der Waals surface area contributed by atoms with Gasteiger partial charge >= 0.3 is 0 Å². The first-order chi connectivity index (χ1) is 11.5. The van der Waals surface area contributed by atoms with E-state index in [2.05, 4.69) is 15.8 Å². The standard InChI is InChI=1S/C17H15F2N3O2/c1-2-15(23)21-13-8-6-11(7-9-13)17(24)22-20-10-12-4-3-5-14(18)16(12)19/h3-10H,2H2,1H3,(H,21,23)(H,22,24). The number of carbonyl (C=O) groups excluding carboxylic acids is 2. The molecule has 0 radical (unpaired) electrons. The highest BCUT2D eigenvalue weighted by Crippen LogP contribution is 2.10. The van der Waals surface area contributed by atoms with Gasteiger partial charge in [0.1, 0.15) is 0 Å². The van der Waals surface area contributed by atoms with Crippen LogP contribution < -0.4 is 10.7 Å². The summed E-state index contributed by atoms with van der Waals surface area (Å²) in [6, 6.07) is 9.85. The predicted molar refractivity (Wildman–Crippen MR) is 86.8 cm³/mol. The number of hydrazone groups is 1. The quantitative estimate of drug-likeness (QED) is 0.653. The molecule has 0 fully saturated rings. The third kappa shape index (κ3) is 4.45. The fraction of sp³-hybridized carbons (Fsp3) is 0.118. The Morgan fingerprint density at radius 1 is 1.12 bits per heavy atom. The number of nitrogens with zero attached hydrogens (tertiary/aromatic N) is 1. The molecular formula is C17H15F2N3O2. The van der Waals surface area contributed by atoms with Crippen molar-refractivity contribution in [1.29, 1.82) is 0 Å². The number of halogens is 2. The number of hydrogen-bond donors (Lipinski definition) is 2. The number of anilines is 1. The summed E-state index contributed by atoms with van der Waals surface area (Å²) in [7, 11) is 0. The lowest BCUT2D eigenvalue weighted by Gasteiger charge is -2.04. The number of hydrogen-bond acceptors (Lipinski definition) is 3. The summed E-state index contributed by atoms with van der Waals surface area (Å²) in [6.07, 6.45) is 1.37.